The average molecular weight is 468 g/mol. The first kappa shape index (κ1) is 23.4. The predicted octanol–water partition coefficient (Wildman–Crippen LogP) is 3.04. The monoisotopic (exact) mass is 468 g/mol. The van der Waals surface area contributed by atoms with Crippen LogP contribution < -0.4 is 9.73 Å². The minimum Gasteiger partial charge on any atom is -0.507 e. The molecule has 3 aromatic carbocycles. The van der Waals surface area contributed by atoms with E-state index in [0.717, 1.165) is 16.4 Å². The Bertz CT molecular complexity index is 1310. The number of hydrogen-bond acceptors (Lipinski definition) is 7. The molecule has 0 saturated heterocycles. The van der Waals surface area contributed by atoms with Gasteiger partial charge in [-0.3, -0.25) is 19.2 Å². The molecule has 1 amide bonds. The minimum atomic E-state index is -4.48. The van der Waals surface area contributed by atoms with E-state index >= 15 is 0 Å². The Morgan fingerprint density at radius 3 is 2.30 bits per heavy atom. The molecule has 0 aliphatic carbocycles. The molecule has 11 heteroatoms. The van der Waals surface area contributed by atoms with Crippen molar-refractivity contribution in [1.82, 2.24) is 5.43 Å². The van der Waals surface area contributed by atoms with Crippen molar-refractivity contribution in [1.29, 1.82) is 0 Å². The molecule has 33 heavy (non-hydrogen) atoms. The quantitative estimate of drug-likeness (QED) is 0.296. The molecule has 0 heterocycles. The summed E-state index contributed by atoms with van der Waals surface area (Å²) >= 11 is 0. The van der Waals surface area contributed by atoms with Gasteiger partial charge in [-0.25, -0.2) is 13.8 Å². The van der Waals surface area contributed by atoms with E-state index in [9.17, 15) is 28.4 Å². The predicted molar refractivity (Wildman–Crippen MR) is 123 cm³/mol. The largest absolute Gasteiger partial charge is 0.507 e. The van der Waals surface area contributed by atoms with Gasteiger partial charge in [-0.1, -0.05) is 42.5 Å². The van der Waals surface area contributed by atoms with Crippen molar-refractivity contribution in [2.75, 3.05) is 10.8 Å². The molecule has 0 spiro atoms. The molecule has 3 aromatic rings. The van der Waals surface area contributed by atoms with Gasteiger partial charge in [0.1, 0.15) is 12.3 Å². The van der Waals surface area contributed by atoms with Crippen molar-refractivity contribution in [3.05, 3.63) is 94.5 Å². The highest BCUT2D eigenvalue weighted by Gasteiger charge is 2.33. The number of phenolic OH excluding ortho intramolecular Hbond substituents is 1. The van der Waals surface area contributed by atoms with Crippen molar-refractivity contribution in [2.24, 2.45) is 5.10 Å². The Morgan fingerprint density at radius 2 is 1.64 bits per heavy atom. The molecule has 0 unspecified atom stereocenters. The number of para-hydroxylation sites is 3. The number of phenols is 1. The van der Waals surface area contributed by atoms with Crippen LogP contribution >= 0.6 is 0 Å². The highest BCUT2D eigenvalue weighted by atomic mass is 32.2. The standard InChI is InChI=1S/C22H20N4O6S/c1-16(18-11-5-7-13-20(18)27)23-24-22(28)15-25(17-9-3-2-4-10-17)33(31,32)21-14-8-6-12-19(21)26(29)30/h2-14,27H,15H2,1H3,(H,24,28)/b23-16-. The first-order chi connectivity index (χ1) is 15.7. The molecule has 0 aromatic heterocycles. The summed E-state index contributed by atoms with van der Waals surface area (Å²) < 4.78 is 27.5. The van der Waals surface area contributed by atoms with Crippen LogP contribution in [0, 0.1) is 10.1 Å². The maximum Gasteiger partial charge on any atom is 0.289 e. The first-order valence-electron chi connectivity index (χ1n) is 9.64. The Balaban J connectivity index is 1.93. The fourth-order valence-corrected chi connectivity index (χ4v) is 4.59. The van der Waals surface area contributed by atoms with Gasteiger partial charge in [-0.15, -0.1) is 0 Å². The van der Waals surface area contributed by atoms with Crippen LogP contribution in [0.4, 0.5) is 11.4 Å². The Morgan fingerprint density at radius 1 is 1.03 bits per heavy atom. The van der Waals surface area contributed by atoms with E-state index in [1.54, 1.807) is 43.3 Å². The van der Waals surface area contributed by atoms with E-state index < -0.39 is 38.0 Å². The van der Waals surface area contributed by atoms with Gasteiger partial charge in [0.2, 0.25) is 0 Å². The van der Waals surface area contributed by atoms with Gasteiger partial charge in [0.05, 0.1) is 16.3 Å². The van der Waals surface area contributed by atoms with Crippen molar-refractivity contribution in [3.63, 3.8) is 0 Å². The van der Waals surface area contributed by atoms with Gasteiger partial charge >= 0.3 is 0 Å². The van der Waals surface area contributed by atoms with Crippen LogP contribution in [0.5, 0.6) is 5.75 Å². The Kier molecular flexibility index (Phi) is 7.04. The van der Waals surface area contributed by atoms with Gasteiger partial charge in [0.25, 0.3) is 21.6 Å². The number of amides is 1. The van der Waals surface area contributed by atoms with E-state index in [2.05, 4.69) is 10.5 Å². The molecule has 0 bridgehead atoms. The lowest BCUT2D eigenvalue weighted by Gasteiger charge is -2.23. The van der Waals surface area contributed by atoms with Crippen LogP contribution in [0.2, 0.25) is 0 Å². The zero-order valence-corrected chi connectivity index (χ0v) is 18.3. The van der Waals surface area contributed by atoms with E-state index in [-0.39, 0.29) is 11.4 Å². The van der Waals surface area contributed by atoms with E-state index in [1.807, 2.05) is 0 Å². The van der Waals surface area contributed by atoms with E-state index in [4.69, 9.17) is 0 Å². The lowest BCUT2D eigenvalue weighted by molar-refractivity contribution is -0.387. The molecule has 0 atom stereocenters. The highest BCUT2D eigenvalue weighted by Crippen LogP contribution is 2.29. The fourth-order valence-electron chi connectivity index (χ4n) is 3.01. The van der Waals surface area contributed by atoms with Crippen molar-refractivity contribution in [3.8, 4) is 5.75 Å². The second-order valence-corrected chi connectivity index (χ2v) is 8.65. The number of sulfonamides is 1. The number of nitrogens with zero attached hydrogens (tertiary/aromatic N) is 3. The molecular formula is C22H20N4O6S. The molecule has 10 nitrogen and oxygen atoms in total. The second kappa shape index (κ2) is 9.92. The van der Waals surface area contributed by atoms with Crippen LogP contribution in [-0.2, 0) is 14.8 Å². The maximum atomic E-state index is 13.4. The van der Waals surface area contributed by atoms with Crippen LogP contribution in [0.1, 0.15) is 12.5 Å². The molecular weight excluding hydrogens is 448 g/mol. The normalized spacial score (nSPS) is 11.6. The second-order valence-electron chi connectivity index (χ2n) is 6.82. The number of aromatic hydroxyl groups is 1. The maximum absolute atomic E-state index is 13.4. The number of nitro benzene ring substituents is 1. The van der Waals surface area contributed by atoms with Crippen LogP contribution in [0.3, 0.4) is 0 Å². The molecule has 0 fully saturated rings. The number of nitrogens with one attached hydrogen (secondary N) is 1. The van der Waals surface area contributed by atoms with Crippen LogP contribution in [0.25, 0.3) is 0 Å². The lowest BCUT2D eigenvalue weighted by Crippen LogP contribution is -2.40. The van der Waals surface area contributed by atoms with E-state index in [1.165, 1.54) is 30.3 Å². The number of hydrogen-bond donors (Lipinski definition) is 2. The number of hydrazone groups is 1. The summed E-state index contributed by atoms with van der Waals surface area (Å²) in [5.74, 6) is -0.811. The summed E-state index contributed by atoms with van der Waals surface area (Å²) in [6.45, 7) is 0.879. The summed E-state index contributed by atoms with van der Waals surface area (Å²) in [6, 6.07) is 19.1. The smallest absolute Gasteiger partial charge is 0.289 e. The summed E-state index contributed by atoms with van der Waals surface area (Å²) in [4.78, 5) is 22.7. The van der Waals surface area contributed by atoms with Crippen LogP contribution in [-0.4, -0.2) is 36.6 Å². The highest BCUT2D eigenvalue weighted by molar-refractivity contribution is 7.93. The van der Waals surface area contributed by atoms with Gasteiger partial charge in [0.15, 0.2) is 4.90 Å². The number of anilines is 1. The minimum absolute atomic E-state index is 0.0297. The third kappa shape index (κ3) is 5.33. The number of nitro groups is 1. The van der Waals surface area contributed by atoms with Gasteiger partial charge in [-0.2, -0.15) is 5.10 Å². The van der Waals surface area contributed by atoms with Crippen molar-refractivity contribution >= 4 is 33.0 Å². The Hall–Kier alpha value is -4.25. The lowest BCUT2D eigenvalue weighted by atomic mass is 10.1. The van der Waals surface area contributed by atoms with Crippen molar-refractivity contribution < 1.29 is 23.2 Å². The SMILES string of the molecule is C/C(=N/NC(=O)CN(c1ccccc1)S(=O)(=O)c1ccccc1[N+](=O)[O-])c1ccccc1O. The van der Waals surface area contributed by atoms with E-state index in [0.29, 0.717) is 11.3 Å². The topological polar surface area (TPSA) is 142 Å². The molecule has 0 aliphatic rings. The molecule has 0 aliphatic heterocycles. The third-order valence-electron chi connectivity index (χ3n) is 4.60. The molecule has 0 radical (unpaired) electrons. The zero-order chi connectivity index (χ0) is 24.0. The number of benzene rings is 3. The summed E-state index contributed by atoms with van der Waals surface area (Å²) in [6.07, 6.45) is 0. The zero-order valence-electron chi connectivity index (χ0n) is 17.5. The number of rotatable bonds is 8. The average Bonchev–Trinajstić information content (AvgIpc) is 2.81. The molecule has 0 saturated carbocycles. The van der Waals surface area contributed by atoms with Gasteiger partial charge in [-0.05, 0) is 37.3 Å². The third-order valence-corrected chi connectivity index (χ3v) is 6.42. The summed E-state index contributed by atoms with van der Waals surface area (Å²) in [5.41, 5.74) is 2.50. The molecule has 3 rings (SSSR count). The van der Waals surface area contributed by atoms with Gasteiger partial charge < -0.3 is 5.11 Å². The Labute approximate surface area is 190 Å². The fraction of sp³-hybridized carbons (Fsp3) is 0.0909. The van der Waals surface area contributed by atoms with Gasteiger partial charge in [0, 0.05) is 11.6 Å². The molecule has 170 valence electrons. The van der Waals surface area contributed by atoms with Crippen LogP contribution in [0.15, 0.2) is 88.9 Å². The first-order valence-corrected chi connectivity index (χ1v) is 11.1. The molecule has 2 N–H and O–H groups in total. The summed E-state index contributed by atoms with van der Waals surface area (Å²) in [5, 5.41) is 25.2. The van der Waals surface area contributed by atoms with Crippen molar-refractivity contribution in [2.45, 2.75) is 11.8 Å². The summed E-state index contributed by atoms with van der Waals surface area (Å²) in [7, 11) is -4.48. The number of carbonyl (C=O) groups excluding carboxylic acids is 1. The number of carbonyl (C=O) groups is 1.